The van der Waals surface area contributed by atoms with Gasteiger partial charge in [0, 0.05) is 43.7 Å². The second kappa shape index (κ2) is 9.51. The molecule has 0 radical (unpaired) electrons. The van der Waals surface area contributed by atoms with E-state index >= 15 is 0 Å². The van der Waals surface area contributed by atoms with Gasteiger partial charge in [0.25, 0.3) is 5.91 Å². The van der Waals surface area contributed by atoms with Crippen LogP contribution in [0.1, 0.15) is 29.8 Å². The maximum Gasteiger partial charge on any atom is 0.259 e. The molecule has 0 saturated heterocycles. The lowest BCUT2D eigenvalue weighted by atomic mass is 10.1. The number of aryl methyl sites for hydroxylation is 1. The zero-order valence-corrected chi connectivity index (χ0v) is 17.7. The predicted octanol–water partition coefficient (Wildman–Crippen LogP) is 4.03. The van der Waals surface area contributed by atoms with E-state index in [1.165, 1.54) is 16.9 Å². The third kappa shape index (κ3) is 5.14. The molecule has 162 valence electrons. The summed E-state index contributed by atoms with van der Waals surface area (Å²) in [6.45, 7) is 5.19. The molecule has 0 spiro atoms. The van der Waals surface area contributed by atoms with Crippen molar-refractivity contribution in [3.05, 3.63) is 71.4 Å². The molecule has 0 unspecified atom stereocenters. The second-order valence-corrected chi connectivity index (χ2v) is 7.08. The Hall–Kier alpha value is -3.55. The first-order valence-corrected chi connectivity index (χ1v) is 9.99. The molecule has 8 heteroatoms. The highest BCUT2D eigenvalue weighted by Gasteiger charge is 2.20. The van der Waals surface area contributed by atoms with Crippen LogP contribution in [0.15, 0.2) is 48.7 Å². The third-order valence-corrected chi connectivity index (χ3v) is 4.94. The molecule has 0 aliphatic carbocycles. The minimum absolute atomic E-state index is 0.0393. The maximum atomic E-state index is 14.2. The number of halogens is 2. The number of anilines is 1. The molecule has 6 nitrogen and oxygen atoms in total. The number of nitrogens with zero attached hydrogens (tertiary/aromatic N) is 3. The topological polar surface area (TPSA) is 67.2 Å². The number of hydrogen-bond donors (Lipinski definition) is 1. The lowest BCUT2D eigenvalue weighted by Crippen LogP contribution is -2.31. The standard InChI is InChI=1S/C23H24F2N4O2/c1-4-29(5-2)21(30)12-15-6-9-17(10-7-15)26-23(31)19-14-28(3)27-22(19)18-11-8-16(24)13-20(18)25/h6-11,13-14H,4-5,12H2,1-3H3,(H,26,31). The Morgan fingerprint density at radius 3 is 2.35 bits per heavy atom. The van der Waals surface area contributed by atoms with Crippen molar-refractivity contribution in [2.24, 2.45) is 7.05 Å². The molecule has 0 aliphatic rings. The van der Waals surface area contributed by atoms with E-state index in [1.54, 1.807) is 36.2 Å². The molecule has 2 aromatic carbocycles. The van der Waals surface area contributed by atoms with Crippen molar-refractivity contribution < 1.29 is 18.4 Å². The largest absolute Gasteiger partial charge is 0.343 e. The van der Waals surface area contributed by atoms with Gasteiger partial charge in [0.2, 0.25) is 5.91 Å². The highest BCUT2D eigenvalue weighted by Crippen LogP contribution is 2.26. The van der Waals surface area contributed by atoms with Crippen molar-refractivity contribution in [1.82, 2.24) is 14.7 Å². The van der Waals surface area contributed by atoms with E-state index in [9.17, 15) is 18.4 Å². The van der Waals surface area contributed by atoms with Crippen LogP contribution in [0.5, 0.6) is 0 Å². The van der Waals surface area contributed by atoms with Crippen LogP contribution >= 0.6 is 0 Å². The van der Waals surface area contributed by atoms with Crippen molar-refractivity contribution in [3.8, 4) is 11.3 Å². The van der Waals surface area contributed by atoms with Crippen molar-refractivity contribution in [2.75, 3.05) is 18.4 Å². The summed E-state index contributed by atoms with van der Waals surface area (Å²) in [4.78, 5) is 26.8. The average Bonchev–Trinajstić information content (AvgIpc) is 3.12. The van der Waals surface area contributed by atoms with Gasteiger partial charge in [0.1, 0.15) is 17.3 Å². The fraction of sp³-hybridized carbons (Fsp3) is 0.261. The zero-order valence-electron chi connectivity index (χ0n) is 17.7. The van der Waals surface area contributed by atoms with Gasteiger partial charge in [-0.3, -0.25) is 14.3 Å². The summed E-state index contributed by atoms with van der Waals surface area (Å²) in [6, 6.07) is 10.1. The highest BCUT2D eigenvalue weighted by molar-refractivity contribution is 6.08. The molecule has 0 aliphatic heterocycles. The molecular weight excluding hydrogens is 402 g/mol. The molecule has 1 heterocycles. The van der Waals surface area contributed by atoms with Gasteiger partial charge < -0.3 is 10.2 Å². The number of carbonyl (C=O) groups excluding carboxylic acids is 2. The first-order valence-electron chi connectivity index (χ1n) is 9.99. The summed E-state index contributed by atoms with van der Waals surface area (Å²) in [6.07, 6.45) is 1.76. The van der Waals surface area contributed by atoms with Crippen LogP contribution in [0.25, 0.3) is 11.3 Å². The van der Waals surface area contributed by atoms with E-state index in [0.29, 0.717) is 18.8 Å². The number of likely N-dealkylation sites (N-methyl/N-ethyl adjacent to an activating group) is 1. The Bertz CT molecular complexity index is 1090. The van der Waals surface area contributed by atoms with Gasteiger partial charge >= 0.3 is 0 Å². The highest BCUT2D eigenvalue weighted by atomic mass is 19.1. The number of carbonyl (C=O) groups is 2. The predicted molar refractivity (Wildman–Crippen MR) is 115 cm³/mol. The minimum Gasteiger partial charge on any atom is -0.343 e. The van der Waals surface area contributed by atoms with E-state index < -0.39 is 17.5 Å². The fourth-order valence-electron chi connectivity index (χ4n) is 3.30. The quantitative estimate of drug-likeness (QED) is 0.620. The van der Waals surface area contributed by atoms with Crippen LogP contribution in [0, 0.1) is 11.6 Å². The lowest BCUT2D eigenvalue weighted by molar-refractivity contribution is -0.130. The van der Waals surface area contributed by atoms with E-state index in [2.05, 4.69) is 10.4 Å². The van der Waals surface area contributed by atoms with Gasteiger partial charge in [0.05, 0.1) is 12.0 Å². The summed E-state index contributed by atoms with van der Waals surface area (Å²) in [7, 11) is 1.61. The van der Waals surface area contributed by atoms with Gasteiger partial charge in [0.15, 0.2) is 0 Å². The Balaban J connectivity index is 1.76. The van der Waals surface area contributed by atoms with Gasteiger partial charge in [-0.15, -0.1) is 0 Å². The SMILES string of the molecule is CCN(CC)C(=O)Cc1ccc(NC(=O)c2cn(C)nc2-c2ccc(F)cc2F)cc1. The molecule has 31 heavy (non-hydrogen) atoms. The van der Waals surface area contributed by atoms with Crippen molar-refractivity contribution in [1.29, 1.82) is 0 Å². The summed E-state index contributed by atoms with van der Waals surface area (Å²) in [5, 5.41) is 6.92. The Morgan fingerprint density at radius 1 is 1.06 bits per heavy atom. The smallest absolute Gasteiger partial charge is 0.259 e. The van der Waals surface area contributed by atoms with Crippen LogP contribution < -0.4 is 5.32 Å². The van der Waals surface area contributed by atoms with Gasteiger partial charge in [-0.1, -0.05) is 12.1 Å². The third-order valence-electron chi connectivity index (χ3n) is 4.94. The number of hydrogen-bond acceptors (Lipinski definition) is 3. The molecule has 0 saturated carbocycles. The van der Waals surface area contributed by atoms with Crippen molar-refractivity contribution >= 4 is 17.5 Å². The number of aromatic nitrogens is 2. The molecular formula is C23H24F2N4O2. The number of rotatable bonds is 7. The monoisotopic (exact) mass is 426 g/mol. The first-order chi connectivity index (χ1) is 14.8. The minimum atomic E-state index is -0.796. The van der Waals surface area contributed by atoms with E-state index in [1.807, 2.05) is 13.8 Å². The van der Waals surface area contributed by atoms with E-state index in [-0.39, 0.29) is 29.1 Å². The van der Waals surface area contributed by atoms with Crippen molar-refractivity contribution in [3.63, 3.8) is 0 Å². The Morgan fingerprint density at radius 2 is 1.74 bits per heavy atom. The normalized spacial score (nSPS) is 10.7. The lowest BCUT2D eigenvalue weighted by Gasteiger charge is -2.18. The van der Waals surface area contributed by atoms with Gasteiger partial charge in [-0.25, -0.2) is 8.78 Å². The first kappa shape index (κ1) is 22.1. The van der Waals surface area contributed by atoms with Gasteiger partial charge in [-0.2, -0.15) is 5.10 Å². The van der Waals surface area contributed by atoms with E-state index in [4.69, 9.17) is 0 Å². The average molecular weight is 426 g/mol. The molecule has 3 aromatic rings. The zero-order chi connectivity index (χ0) is 22.5. The summed E-state index contributed by atoms with van der Waals surface area (Å²) in [5.41, 5.74) is 1.69. The molecule has 1 aromatic heterocycles. The Kier molecular flexibility index (Phi) is 6.79. The maximum absolute atomic E-state index is 14.2. The van der Waals surface area contributed by atoms with Gasteiger partial charge in [-0.05, 0) is 43.7 Å². The molecule has 0 bridgehead atoms. The number of nitrogens with one attached hydrogen (secondary N) is 1. The number of amides is 2. The van der Waals surface area contributed by atoms with Crippen LogP contribution in [0.4, 0.5) is 14.5 Å². The molecule has 3 rings (SSSR count). The van der Waals surface area contributed by atoms with Crippen LogP contribution in [0.2, 0.25) is 0 Å². The molecule has 2 amide bonds. The summed E-state index contributed by atoms with van der Waals surface area (Å²) in [5.74, 6) is -1.93. The van der Waals surface area contributed by atoms with E-state index in [0.717, 1.165) is 17.7 Å². The second-order valence-electron chi connectivity index (χ2n) is 7.08. The molecule has 1 N–H and O–H groups in total. The van der Waals surface area contributed by atoms with Crippen LogP contribution in [-0.4, -0.2) is 39.6 Å². The molecule has 0 atom stereocenters. The van der Waals surface area contributed by atoms with Crippen LogP contribution in [-0.2, 0) is 18.3 Å². The summed E-state index contributed by atoms with van der Waals surface area (Å²) < 4.78 is 28.9. The Labute approximate surface area is 179 Å². The summed E-state index contributed by atoms with van der Waals surface area (Å²) >= 11 is 0. The number of benzene rings is 2. The fourth-order valence-corrected chi connectivity index (χ4v) is 3.30. The van der Waals surface area contributed by atoms with Crippen LogP contribution in [0.3, 0.4) is 0 Å². The van der Waals surface area contributed by atoms with Crippen molar-refractivity contribution in [2.45, 2.75) is 20.3 Å². The molecule has 0 fully saturated rings.